The Kier molecular flexibility index (Phi) is 4.15. The highest BCUT2D eigenvalue weighted by Crippen LogP contribution is 2.43. The second kappa shape index (κ2) is 6.29. The maximum Gasteiger partial charge on any atom is 0.537 e. The van der Waals surface area contributed by atoms with Gasteiger partial charge < -0.3 is 30.3 Å². The van der Waals surface area contributed by atoms with E-state index in [1.54, 1.807) is 0 Å². The molecular formula is C16H14O9. The smallest absolute Gasteiger partial charge is 0.508 e. The summed E-state index contributed by atoms with van der Waals surface area (Å²) in [5.41, 5.74) is 0.666. The summed E-state index contributed by atoms with van der Waals surface area (Å²) in [5, 5.41) is 47.3. The largest absolute Gasteiger partial charge is 0.537 e. The third-order valence-corrected chi connectivity index (χ3v) is 3.74. The van der Waals surface area contributed by atoms with Crippen LogP contribution >= 0.6 is 0 Å². The van der Waals surface area contributed by atoms with Gasteiger partial charge in [-0.1, -0.05) is 6.07 Å². The summed E-state index contributed by atoms with van der Waals surface area (Å²) in [6, 6.07) is 6.31. The monoisotopic (exact) mass is 350 g/mol. The van der Waals surface area contributed by atoms with E-state index < -0.39 is 24.1 Å². The van der Waals surface area contributed by atoms with Crippen molar-refractivity contribution in [2.75, 3.05) is 0 Å². The fraction of sp³-hybridized carbons (Fsp3) is 0.188. The quantitative estimate of drug-likeness (QED) is 0.319. The van der Waals surface area contributed by atoms with Crippen LogP contribution in [0.4, 0.5) is 4.79 Å². The summed E-state index contributed by atoms with van der Waals surface area (Å²) in [5.74, 6) is -1.03. The molecular weight excluding hydrogens is 336 g/mol. The molecule has 0 unspecified atom stereocenters. The number of phenolic OH excluding ortho intramolecular Hbond substituents is 4. The number of rotatable bonds is 3. The molecule has 0 aromatic heterocycles. The van der Waals surface area contributed by atoms with E-state index in [2.05, 4.69) is 4.89 Å². The van der Waals surface area contributed by atoms with Gasteiger partial charge in [-0.15, -0.1) is 0 Å². The first-order chi connectivity index (χ1) is 11.8. The van der Waals surface area contributed by atoms with E-state index in [1.165, 1.54) is 24.3 Å². The third-order valence-electron chi connectivity index (χ3n) is 3.74. The summed E-state index contributed by atoms with van der Waals surface area (Å²) in [6.45, 7) is 0. The lowest BCUT2D eigenvalue weighted by Gasteiger charge is -2.32. The van der Waals surface area contributed by atoms with Crippen LogP contribution in [-0.2, 0) is 16.2 Å². The van der Waals surface area contributed by atoms with Gasteiger partial charge in [-0.2, -0.15) is 4.89 Å². The minimum Gasteiger partial charge on any atom is -0.508 e. The SMILES string of the molecule is O=C(O)OO[C@@H]1Cc2c(O)cc(O)cc2O[C@@H]1c1ccc(O)c(O)c1. The first kappa shape index (κ1) is 16.5. The minimum absolute atomic E-state index is 0.0149. The van der Waals surface area contributed by atoms with Gasteiger partial charge in [0.2, 0.25) is 0 Å². The Morgan fingerprint density at radius 1 is 1.04 bits per heavy atom. The highest BCUT2D eigenvalue weighted by atomic mass is 17.2. The highest BCUT2D eigenvalue weighted by Gasteiger charge is 2.36. The number of hydrogen-bond donors (Lipinski definition) is 5. The van der Waals surface area contributed by atoms with Crippen molar-refractivity contribution >= 4 is 6.16 Å². The summed E-state index contributed by atoms with van der Waals surface area (Å²) < 4.78 is 5.71. The Labute approximate surface area is 140 Å². The first-order valence-electron chi connectivity index (χ1n) is 7.15. The Bertz CT molecular complexity index is 817. The van der Waals surface area contributed by atoms with E-state index in [1.807, 2.05) is 0 Å². The normalized spacial score (nSPS) is 18.9. The van der Waals surface area contributed by atoms with Gasteiger partial charge >= 0.3 is 6.16 Å². The molecule has 0 aliphatic carbocycles. The molecule has 0 spiro atoms. The molecule has 9 nitrogen and oxygen atoms in total. The summed E-state index contributed by atoms with van der Waals surface area (Å²) in [6.07, 6.45) is -3.56. The van der Waals surface area contributed by atoms with Crippen LogP contribution in [0.2, 0.25) is 0 Å². The Hall–Kier alpha value is -3.33. The molecule has 9 heteroatoms. The van der Waals surface area contributed by atoms with E-state index in [0.717, 1.165) is 6.07 Å². The van der Waals surface area contributed by atoms with Gasteiger partial charge in [-0.25, -0.2) is 4.79 Å². The molecule has 1 heterocycles. The summed E-state index contributed by atoms with van der Waals surface area (Å²) in [4.78, 5) is 19.6. The van der Waals surface area contributed by atoms with Crippen molar-refractivity contribution in [3.05, 3.63) is 41.5 Å². The zero-order valence-electron chi connectivity index (χ0n) is 12.6. The maximum absolute atomic E-state index is 10.6. The maximum atomic E-state index is 10.6. The molecule has 0 radical (unpaired) electrons. The van der Waals surface area contributed by atoms with E-state index in [9.17, 15) is 25.2 Å². The Balaban J connectivity index is 1.99. The number of fused-ring (bicyclic) bond motifs is 1. The van der Waals surface area contributed by atoms with Crippen LogP contribution in [-0.4, -0.2) is 37.8 Å². The van der Waals surface area contributed by atoms with Crippen molar-refractivity contribution in [3.8, 4) is 28.7 Å². The topological polar surface area (TPSA) is 146 Å². The summed E-state index contributed by atoms with van der Waals surface area (Å²) in [7, 11) is 0. The number of ether oxygens (including phenoxy) is 1. The lowest BCUT2D eigenvalue weighted by Crippen LogP contribution is -2.33. The molecule has 1 aliphatic rings. The molecule has 3 rings (SSSR count). The number of hydrogen-bond acceptors (Lipinski definition) is 8. The van der Waals surface area contributed by atoms with E-state index in [0.29, 0.717) is 11.1 Å². The van der Waals surface area contributed by atoms with Crippen molar-refractivity contribution in [3.63, 3.8) is 0 Å². The fourth-order valence-corrected chi connectivity index (χ4v) is 2.64. The van der Waals surface area contributed by atoms with Gasteiger partial charge in [0.25, 0.3) is 0 Å². The average Bonchev–Trinajstić information content (AvgIpc) is 2.55. The molecule has 5 N–H and O–H groups in total. The third kappa shape index (κ3) is 3.31. The van der Waals surface area contributed by atoms with Crippen molar-refractivity contribution in [1.82, 2.24) is 0 Å². The Morgan fingerprint density at radius 3 is 2.48 bits per heavy atom. The molecule has 25 heavy (non-hydrogen) atoms. The molecule has 0 bridgehead atoms. The molecule has 2 aromatic rings. The van der Waals surface area contributed by atoms with Crippen LogP contribution in [0.3, 0.4) is 0 Å². The zero-order valence-corrected chi connectivity index (χ0v) is 12.6. The number of phenols is 4. The molecule has 0 fully saturated rings. The van der Waals surface area contributed by atoms with Gasteiger partial charge in [0.1, 0.15) is 17.2 Å². The standard InChI is InChI=1S/C16H14O9/c17-8-4-11(19)9-6-14(24-25-16(21)22)15(23-13(9)5-8)7-1-2-10(18)12(20)3-7/h1-5,14-15,17-20H,6H2,(H,21,22)/t14-,15-/m1/s1. The molecule has 0 amide bonds. The lowest BCUT2D eigenvalue weighted by molar-refractivity contribution is -0.300. The molecule has 1 aliphatic heterocycles. The first-order valence-corrected chi connectivity index (χ1v) is 7.15. The van der Waals surface area contributed by atoms with Gasteiger partial charge in [0, 0.05) is 24.1 Å². The van der Waals surface area contributed by atoms with Crippen LogP contribution in [0.25, 0.3) is 0 Å². The zero-order chi connectivity index (χ0) is 18.1. The summed E-state index contributed by atoms with van der Waals surface area (Å²) >= 11 is 0. The molecule has 0 saturated heterocycles. The Morgan fingerprint density at radius 2 is 1.80 bits per heavy atom. The van der Waals surface area contributed by atoms with Gasteiger partial charge in [-0.3, -0.25) is 4.89 Å². The lowest BCUT2D eigenvalue weighted by atomic mass is 9.94. The van der Waals surface area contributed by atoms with Crippen molar-refractivity contribution in [2.45, 2.75) is 18.6 Å². The molecule has 132 valence electrons. The number of aromatic hydroxyl groups is 4. The van der Waals surface area contributed by atoms with Gasteiger partial charge in [0.15, 0.2) is 23.7 Å². The van der Waals surface area contributed by atoms with Crippen molar-refractivity contribution < 1.29 is 44.8 Å². The molecule has 2 atom stereocenters. The van der Waals surface area contributed by atoms with E-state index in [4.69, 9.17) is 14.7 Å². The number of carboxylic acid groups (broad SMARTS) is 1. The predicted molar refractivity (Wildman–Crippen MR) is 80.6 cm³/mol. The van der Waals surface area contributed by atoms with Crippen LogP contribution in [0.5, 0.6) is 28.7 Å². The van der Waals surface area contributed by atoms with E-state index >= 15 is 0 Å². The van der Waals surface area contributed by atoms with Crippen LogP contribution < -0.4 is 4.74 Å². The molecule has 2 aromatic carbocycles. The van der Waals surface area contributed by atoms with Gasteiger partial charge in [-0.05, 0) is 17.7 Å². The minimum atomic E-state index is -1.66. The highest BCUT2D eigenvalue weighted by molar-refractivity contribution is 5.56. The van der Waals surface area contributed by atoms with Crippen LogP contribution in [0, 0.1) is 0 Å². The number of carbonyl (C=O) groups is 1. The molecule has 0 saturated carbocycles. The number of benzene rings is 2. The van der Waals surface area contributed by atoms with Crippen LogP contribution in [0.15, 0.2) is 30.3 Å². The second-order valence-electron chi connectivity index (χ2n) is 5.42. The average molecular weight is 350 g/mol. The fourth-order valence-electron chi connectivity index (χ4n) is 2.64. The second-order valence-corrected chi connectivity index (χ2v) is 5.42. The van der Waals surface area contributed by atoms with Crippen LogP contribution in [0.1, 0.15) is 17.2 Å². The van der Waals surface area contributed by atoms with Crippen molar-refractivity contribution in [2.24, 2.45) is 0 Å². The van der Waals surface area contributed by atoms with Crippen molar-refractivity contribution in [1.29, 1.82) is 0 Å². The van der Waals surface area contributed by atoms with E-state index in [-0.39, 0.29) is 29.4 Å². The predicted octanol–water partition coefficient (Wildman–Crippen LogP) is 2.18. The van der Waals surface area contributed by atoms with Gasteiger partial charge in [0.05, 0.1) is 0 Å².